The second-order valence-corrected chi connectivity index (χ2v) is 10.7. The number of fused-ring (bicyclic) bond motifs is 2. The van der Waals surface area contributed by atoms with Gasteiger partial charge in [-0.05, 0) is 92.6 Å². The molecule has 0 bridgehead atoms. The average molecular weight is 457 g/mol. The molecular formula is C25H36N4O2S. The Balaban J connectivity index is 0.000000181. The number of rotatable bonds is 5. The van der Waals surface area contributed by atoms with Gasteiger partial charge in [0, 0.05) is 17.6 Å². The van der Waals surface area contributed by atoms with Gasteiger partial charge in [0.25, 0.3) is 0 Å². The van der Waals surface area contributed by atoms with Crippen molar-refractivity contribution >= 4 is 22.7 Å². The van der Waals surface area contributed by atoms with Crippen LogP contribution < -0.4 is 16.2 Å². The van der Waals surface area contributed by atoms with Crippen LogP contribution >= 0.6 is 0 Å². The Morgan fingerprint density at radius 2 is 1.56 bits per heavy atom. The Hall–Kier alpha value is -2.22. The number of hydrogen-bond donors (Lipinski definition) is 3. The minimum Gasteiger partial charge on any atom is -0.351 e. The van der Waals surface area contributed by atoms with Crippen LogP contribution in [0.1, 0.15) is 54.5 Å². The Morgan fingerprint density at radius 1 is 1.03 bits per heavy atom. The lowest BCUT2D eigenvalue weighted by Crippen LogP contribution is -2.32. The summed E-state index contributed by atoms with van der Waals surface area (Å²) < 4.78 is 11.1. The van der Waals surface area contributed by atoms with Crippen molar-refractivity contribution in [1.29, 1.82) is 0 Å². The van der Waals surface area contributed by atoms with Crippen LogP contribution in [0.2, 0.25) is 0 Å². The topological polar surface area (TPSA) is 101 Å². The van der Waals surface area contributed by atoms with E-state index in [9.17, 15) is 9.00 Å². The third-order valence-electron chi connectivity index (χ3n) is 6.30. The van der Waals surface area contributed by atoms with E-state index in [-0.39, 0.29) is 5.41 Å². The highest BCUT2D eigenvalue weighted by molar-refractivity contribution is 7.82. The Bertz CT molecular complexity index is 968. The summed E-state index contributed by atoms with van der Waals surface area (Å²) in [5, 5.41) is 8.16. The van der Waals surface area contributed by atoms with Crippen LogP contribution in [0.25, 0.3) is 0 Å². The lowest BCUT2D eigenvalue weighted by Gasteiger charge is -2.28. The van der Waals surface area contributed by atoms with E-state index in [0.717, 1.165) is 37.9 Å². The second kappa shape index (κ2) is 10.1. The minimum absolute atomic E-state index is 0.0815. The zero-order valence-electron chi connectivity index (χ0n) is 19.7. The molecule has 5 N–H and O–H groups in total. The number of anilines is 1. The molecule has 7 heteroatoms. The van der Waals surface area contributed by atoms with Crippen molar-refractivity contribution in [2.75, 3.05) is 26.0 Å². The lowest BCUT2D eigenvalue weighted by molar-refractivity contribution is 0.259. The maximum atomic E-state index is 11.1. The van der Waals surface area contributed by atoms with Crippen LogP contribution in [0.15, 0.2) is 35.2 Å². The number of carbonyl (C=O) groups is 1. The fourth-order valence-corrected chi connectivity index (χ4v) is 5.42. The number of aryl methyl sites for hydroxylation is 2. The van der Waals surface area contributed by atoms with Crippen molar-refractivity contribution in [3.8, 4) is 0 Å². The van der Waals surface area contributed by atoms with E-state index in [1.165, 1.54) is 40.7 Å². The van der Waals surface area contributed by atoms with Crippen LogP contribution in [0.4, 0.5) is 10.5 Å². The standard InChI is InChI=1S/C13H16N2O.C12H20N2OS/c14-13(16)15-12-10-5-1-3-8(10)7-9-4-2-6-11(9)12;1-12(2,9-14(3)4)10-5-7-11(8-6-10)16(13)15/h7H,1-6H2,(H3,14,15,16);5-8H,9,13H2,1-4H3. The Labute approximate surface area is 194 Å². The predicted molar refractivity (Wildman–Crippen MR) is 132 cm³/mol. The first-order valence-corrected chi connectivity index (χ1v) is 12.4. The normalized spacial score (nSPS) is 15.6. The zero-order chi connectivity index (χ0) is 23.5. The number of hydrogen-bond acceptors (Lipinski definition) is 3. The van der Waals surface area contributed by atoms with E-state index in [1.807, 2.05) is 24.3 Å². The van der Waals surface area contributed by atoms with Gasteiger partial charge in [-0.25, -0.2) is 14.1 Å². The molecular weight excluding hydrogens is 420 g/mol. The van der Waals surface area contributed by atoms with E-state index in [4.69, 9.17) is 10.9 Å². The molecule has 0 heterocycles. The maximum absolute atomic E-state index is 11.1. The van der Waals surface area contributed by atoms with Crippen molar-refractivity contribution in [3.63, 3.8) is 0 Å². The summed E-state index contributed by atoms with van der Waals surface area (Å²) in [6, 6.07) is 9.59. The van der Waals surface area contributed by atoms with Gasteiger partial charge in [0.15, 0.2) is 0 Å². The highest BCUT2D eigenvalue weighted by Crippen LogP contribution is 2.38. The molecule has 1 unspecified atom stereocenters. The summed E-state index contributed by atoms with van der Waals surface area (Å²) >= 11 is 0. The molecule has 2 aromatic rings. The molecule has 2 aliphatic carbocycles. The van der Waals surface area contributed by atoms with Gasteiger partial charge < -0.3 is 16.0 Å². The van der Waals surface area contributed by atoms with Gasteiger partial charge in [-0.3, -0.25) is 0 Å². The summed E-state index contributed by atoms with van der Waals surface area (Å²) in [4.78, 5) is 13.9. The molecule has 2 aliphatic rings. The van der Waals surface area contributed by atoms with Gasteiger partial charge in [-0.1, -0.05) is 32.0 Å². The fourth-order valence-electron chi connectivity index (χ4n) is 5.01. The average Bonchev–Trinajstić information content (AvgIpc) is 3.36. The van der Waals surface area contributed by atoms with Crippen molar-refractivity contribution < 1.29 is 9.00 Å². The summed E-state index contributed by atoms with van der Waals surface area (Å²) in [5.41, 5.74) is 13.1. The van der Waals surface area contributed by atoms with Crippen LogP contribution in [-0.4, -0.2) is 35.8 Å². The van der Waals surface area contributed by atoms with Crippen LogP contribution in [0, 0.1) is 0 Å². The van der Waals surface area contributed by atoms with Crippen LogP contribution in [0.3, 0.4) is 0 Å². The van der Waals surface area contributed by atoms with Crippen LogP contribution in [-0.2, 0) is 42.1 Å². The van der Waals surface area contributed by atoms with Gasteiger partial charge in [0.1, 0.15) is 11.0 Å². The second-order valence-electron chi connectivity index (χ2n) is 9.67. The minimum atomic E-state index is -1.39. The molecule has 0 aliphatic heterocycles. The number of carbonyl (C=O) groups excluding carboxylic acids is 1. The highest BCUT2D eigenvalue weighted by atomic mass is 32.2. The number of urea groups is 1. The molecule has 2 amide bonds. The first kappa shape index (κ1) is 24.4. The van der Waals surface area contributed by atoms with E-state index < -0.39 is 17.0 Å². The molecule has 6 nitrogen and oxygen atoms in total. The van der Waals surface area contributed by atoms with Gasteiger partial charge >= 0.3 is 6.03 Å². The van der Waals surface area contributed by atoms with E-state index in [1.54, 1.807) is 0 Å². The predicted octanol–water partition coefficient (Wildman–Crippen LogP) is 3.66. The summed E-state index contributed by atoms with van der Waals surface area (Å²) in [7, 11) is 2.74. The monoisotopic (exact) mass is 456 g/mol. The molecule has 0 aromatic heterocycles. The molecule has 4 rings (SSSR count). The number of likely N-dealkylation sites (N-methyl/N-ethyl adjacent to an activating group) is 1. The molecule has 0 fully saturated rings. The molecule has 0 radical (unpaired) electrons. The van der Waals surface area contributed by atoms with Gasteiger partial charge in [-0.15, -0.1) is 0 Å². The quantitative estimate of drug-likeness (QED) is 0.640. The molecule has 174 valence electrons. The molecule has 1 atom stereocenters. The number of primary amides is 1. The zero-order valence-corrected chi connectivity index (χ0v) is 20.5. The highest BCUT2D eigenvalue weighted by Gasteiger charge is 2.24. The number of nitrogens with zero attached hydrogens (tertiary/aromatic N) is 1. The largest absolute Gasteiger partial charge is 0.351 e. The first-order chi connectivity index (χ1) is 15.1. The molecule has 2 aromatic carbocycles. The van der Waals surface area contributed by atoms with Gasteiger partial charge in [0.2, 0.25) is 0 Å². The molecule has 0 spiro atoms. The number of benzene rings is 2. The van der Waals surface area contributed by atoms with E-state index >= 15 is 0 Å². The number of nitrogens with two attached hydrogens (primary N) is 2. The summed E-state index contributed by atoms with van der Waals surface area (Å²) in [5.74, 6) is 0. The Morgan fingerprint density at radius 3 is 2.00 bits per heavy atom. The maximum Gasteiger partial charge on any atom is 0.316 e. The molecule has 32 heavy (non-hydrogen) atoms. The summed E-state index contributed by atoms with van der Waals surface area (Å²) in [6.07, 6.45) is 6.86. The van der Waals surface area contributed by atoms with Crippen LogP contribution in [0.5, 0.6) is 0 Å². The fraction of sp³-hybridized carbons (Fsp3) is 0.480. The lowest BCUT2D eigenvalue weighted by atomic mass is 9.84. The van der Waals surface area contributed by atoms with E-state index in [0.29, 0.717) is 4.90 Å². The third-order valence-corrected chi connectivity index (χ3v) is 7.04. The number of amides is 2. The van der Waals surface area contributed by atoms with Crippen molar-refractivity contribution in [3.05, 3.63) is 58.1 Å². The summed E-state index contributed by atoms with van der Waals surface area (Å²) in [6.45, 7) is 5.36. The number of nitrogens with one attached hydrogen (secondary N) is 1. The Kier molecular flexibility index (Phi) is 7.75. The van der Waals surface area contributed by atoms with Gasteiger partial charge in [-0.2, -0.15) is 0 Å². The van der Waals surface area contributed by atoms with E-state index in [2.05, 4.69) is 44.2 Å². The van der Waals surface area contributed by atoms with Crippen molar-refractivity contribution in [2.45, 2.75) is 62.7 Å². The first-order valence-electron chi connectivity index (χ1n) is 11.2. The third kappa shape index (κ3) is 5.77. The van der Waals surface area contributed by atoms with Gasteiger partial charge in [0.05, 0.1) is 4.90 Å². The molecule has 0 saturated carbocycles. The van der Waals surface area contributed by atoms with Crippen molar-refractivity contribution in [1.82, 2.24) is 4.90 Å². The smallest absolute Gasteiger partial charge is 0.316 e. The SMILES string of the molecule is CN(C)CC(C)(C)c1ccc(S(N)=O)cc1.NC(=O)Nc1c2c(cc3c1CCC3)CCC2. The van der Waals surface area contributed by atoms with Crippen molar-refractivity contribution in [2.24, 2.45) is 10.9 Å². The molecule has 0 saturated heterocycles.